The number of amides is 2. The fourth-order valence-corrected chi connectivity index (χ4v) is 2.75. The maximum atomic E-state index is 12.3. The van der Waals surface area contributed by atoms with Crippen LogP contribution in [0.2, 0.25) is 0 Å². The number of benzene rings is 1. The molecule has 6 heteroatoms. The second-order valence-electron chi connectivity index (χ2n) is 5.61. The van der Waals surface area contributed by atoms with Gasteiger partial charge in [0, 0.05) is 31.9 Å². The van der Waals surface area contributed by atoms with Crippen molar-refractivity contribution in [1.82, 2.24) is 10.3 Å². The topological polar surface area (TPSA) is 86.1 Å². The van der Waals surface area contributed by atoms with Crippen LogP contribution in [0, 0.1) is 17.2 Å². The van der Waals surface area contributed by atoms with Crippen molar-refractivity contribution in [1.29, 1.82) is 5.26 Å². The Morgan fingerprint density at radius 3 is 2.79 bits per heavy atom. The van der Waals surface area contributed by atoms with Gasteiger partial charge in [-0.05, 0) is 29.8 Å². The van der Waals surface area contributed by atoms with E-state index in [4.69, 9.17) is 0 Å². The molecule has 1 saturated heterocycles. The molecule has 24 heavy (non-hydrogen) atoms. The average Bonchev–Trinajstić information content (AvgIpc) is 3.02. The zero-order valence-electron chi connectivity index (χ0n) is 13.0. The third-order valence-corrected chi connectivity index (χ3v) is 4.03. The van der Waals surface area contributed by atoms with Gasteiger partial charge in [0.05, 0.1) is 17.2 Å². The summed E-state index contributed by atoms with van der Waals surface area (Å²) in [4.78, 5) is 30.0. The molecule has 1 N–H and O–H groups in total. The van der Waals surface area contributed by atoms with Gasteiger partial charge < -0.3 is 10.2 Å². The first kappa shape index (κ1) is 15.7. The van der Waals surface area contributed by atoms with Crippen LogP contribution in [0.4, 0.5) is 5.69 Å². The van der Waals surface area contributed by atoms with Gasteiger partial charge in [-0.2, -0.15) is 5.26 Å². The Kier molecular flexibility index (Phi) is 4.52. The van der Waals surface area contributed by atoms with Crippen LogP contribution < -0.4 is 10.2 Å². The van der Waals surface area contributed by atoms with E-state index in [2.05, 4.69) is 16.4 Å². The smallest absolute Gasteiger partial charge is 0.227 e. The number of carbonyl (C=O) groups is 2. The second kappa shape index (κ2) is 6.92. The number of hydrogen-bond acceptors (Lipinski definition) is 4. The molecular formula is C18H16N4O2. The molecule has 1 aliphatic rings. The number of anilines is 1. The molecule has 120 valence electrons. The normalized spacial score (nSPS) is 16.7. The molecule has 2 aromatic rings. The molecule has 1 atom stereocenters. The fraction of sp³-hybridized carbons (Fsp3) is 0.222. The lowest BCUT2D eigenvalue weighted by molar-refractivity contribution is -0.126. The van der Waals surface area contributed by atoms with Crippen molar-refractivity contribution in [3.8, 4) is 6.07 Å². The maximum Gasteiger partial charge on any atom is 0.227 e. The SMILES string of the molecule is N#Cc1ccccc1N1CC(C(=O)NCc2ccncc2)CC1=O. The van der Waals surface area contributed by atoms with E-state index in [1.165, 1.54) is 4.90 Å². The van der Waals surface area contributed by atoms with Crippen molar-refractivity contribution in [3.05, 3.63) is 59.9 Å². The molecule has 2 heterocycles. The molecule has 1 aromatic carbocycles. The first-order valence-corrected chi connectivity index (χ1v) is 7.65. The number of para-hydroxylation sites is 1. The number of hydrogen-bond donors (Lipinski definition) is 1. The number of rotatable bonds is 4. The van der Waals surface area contributed by atoms with Gasteiger partial charge in [-0.25, -0.2) is 0 Å². The lowest BCUT2D eigenvalue weighted by Gasteiger charge is -2.18. The van der Waals surface area contributed by atoms with Crippen LogP contribution in [0.15, 0.2) is 48.8 Å². The maximum absolute atomic E-state index is 12.3. The summed E-state index contributed by atoms with van der Waals surface area (Å²) in [5.41, 5.74) is 1.95. The van der Waals surface area contributed by atoms with Crippen molar-refractivity contribution in [2.45, 2.75) is 13.0 Å². The zero-order chi connectivity index (χ0) is 16.9. The van der Waals surface area contributed by atoms with E-state index in [0.29, 0.717) is 24.3 Å². The molecule has 6 nitrogen and oxygen atoms in total. The minimum Gasteiger partial charge on any atom is -0.352 e. The van der Waals surface area contributed by atoms with Crippen LogP contribution >= 0.6 is 0 Å². The van der Waals surface area contributed by atoms with Crippen LogP contribution in [0.1, 0.15) is 17.5 Å². The minimum atomic E-state index is -0.411. The Balaban J connectivity index is 1.66. The number of aromatic nitrogens is 1. The van der Waals surface area contributed by atoms with Crippen LogP contribution in [-0.4, -0.2) is 23.3 Å². The summed E-state index contributed by atoms with van der Waals surface area (Å²) in [6.07, 6.45) is 3.49. The summed E-state index contributed by atoms with van der Waals surface area (Å²) >= 11 is 0. The molecule has 0 saturated carbocycles. The quantitative estimate of drug-likeness (QED) is 0.927. The Morgan fingerprint density at radius 2 is 2.04 bits per heavy atom. The van der Waals surface area contributed by atoms with Crippen LogP contribution in [0.3, 0.4) is 0 Å². The molecular weight excluding hydrogens is 304 g/mol. The number of pyridine rings is 1. The van der Waals surface area contributed by atoms with E-state index in [9.17, 15) is 14.9 Å². The Labute approximate surface area is 139 Å². The van der Waals surface area contributed by atoms with E-state index in [-0.39, 0.29) is 18.2 Å². The summed E-state index contributed by atoms with van der Waals surface area (Å²) in [7, 11) is 0. The Hall–Kier alpha value is -3.20. The van der Waals surface area contributed by atoms with Crippen LogP contribution in [0.5, 0.6) is 0 Å². The number of nitriles is 1. The van der Waals surface area contributed by atoms with Crippen LogP contribution in [-0.2, 0) is 16.1 Å². The summed E-state index contributed by atoms with van der Waals surface area (Å²) in [6.45, 7) is 0.695. The van der Waals surface area contributed by atoms with Gasteiger partial charge in [0.1, 0.15) is 6.07 Å². The highest BCUT2D eigenvalue weighted by Gasteiger charge is 2.35. The van der Waals surface area contributed by atoms with Crippen molar-refractivity contribution in [3.63, 3.8) is 0 Å². The largest absolute Gasteiger partial charge is 0.352 e. The van der Waals surface area contributed by atoms with Crippen LogP contribution in [0.25, 0.3) is 0 Å². The van der Waals surface area contributed by atoms with E-state index < -0.39 is 5.92 Å². The lowest BCUT2D eigenvalue weighted by Crippen LogP contribution is -2.32. The summed E-state index contributed by atoms with van der Waals surface area (Å²) in [6, 6.07) is 12.7. The highest BCUT2D eigenvalue weighted by atomic mass is 16.2. The van der Waals surface area contributed by atoms with E-state index in [1.807, 2.05) is 12.1 Å². The standard InChI is InChI=1S/C18H16N4O2/c19-10-14-3-1-2-4-16(14)22-12-15(9-17(22)23)18(24)21-11-13-5-7-20-8-6-13/h1-8,15H,9,11-12H2,(H,21,24). The Bertz CT molecular complexity index is 798. The summed E-state index contributed by atoms with van der Waals surface area (Å²) in [5.74, 6) is -0.704. The third-order valence-electron chi connectivity index (χ3n) is 4.03. The number of nitrogens with one attached hydrogen (secondary N) is 1. The zero-order valence-corrected chi connectivity index (χ0v) is 13.0. The van der Waals surface area contributed by atoms with Gasteiger partial charge in [-0.15, -0.1) is 0 Å². The molecule has 1 aromatic heterocycles. The van der Waals surface area contributed by atoms with Crippen molar-refractivity contribution in [2.24, 2.45) is 5.92 Å². The predicted octanol–water partition coefficient (Wildman–Crippen LogP) is 1.62. The summed E-state index contributed by atoms with van der Waals surface area (Å²) < 4.78 is 0. The van der Waals surface area contributed by atoms with E-state index in [1.54, 1.807) is 36.7 Å². The van der Waals surface area contributed by atoms with Crippen molar-refractivity contribution >= 4 is 17.5 Å². The van der Waals surface area contributed by atoms with Gasteiger partial charge in [-0.3, -0.25) is 14.6 Å². The predicted molar refractivity (Wildman–Crippen MR) is 87.7 cm³/mol. The Morgan fingerprint density at radius 1 is 1.29 bits per heavy atom. The second-order valence-corrected chi connectivity index (χ2v) is 5.61. The first-order chi connectivity index (χ1) is 11.7. The van der Waals surface area contributed by atoms with Gasteiger partial charge in [0.15, 0.2) is 0 Å². The van der Waals surface area contributed by atoms with Crippen molar-refractivity contribution in [2.75, 3.05) is 11.4 Å². The van der Waals surface area contributed by atoms with E-state index in [0.717, 1.165) is 5.56 Å². The number of carbonyl (C=O) groups excluding carboxylic acids is 2. The highest BCUT2D eigenvalue weighted by Crippen LogP contribution is 2.27. The van der Waals surface area contributed by atoms with Gasteiger partial charge in [0.2, 0.25) is 11.8 Å². The highest BCUT2D eigenvalue weighted by molar-refractivity contribution is 6.01. The molecule has 0 aliphatic carbocycles. The molecule has 3 rings (SSSR count). The fourth-order valence-electron chi connectivity index (χ4n) is 2.75. The molecule has 0 spiro atoms. The minimum absolute atomic E-state index is 0.137. The molecule has 1 unspecified atom stereocenters. The van der Waals surface area contributed by atoms with Crippen molar-refractivity contribution < 1.29 is 9.59 Å². The summed E-state index contributed by atoms with van der Waals surface area (Å²) in [5, 5.41) is 12.0. The van der Waals surface area contributed by atoms with Gasteiger partial charge in [0.25, 0.3) is 0 Å². The molecule has 2 amide bonds. The van der Waals surface area contributed by atoms with Gasteiger partial charge in [-0.1, -0.05) is 12.1 Å². The van der Waals surface area contributed by atoms with E-state index >= 15 is 0 Å². The third kappa shape index (κ3) is 3.25. The molecule has 1 fully saturated rings. The number of nitrogens with zero attached hydrogens (tertiary/aromatic N) is 3. The monoisotopic (exact) mass is 320 g/mol. The molecule has 0 bridgehead atoms. The average molecular weight is 320 g/mol. The first-order valence-electron chi connectivity index (χ1n) is 7.65. The molecule has 1 aliphatic heterocycles. The van der Waals surface area contributed by atoms with Gasteiger partial charge >= 0.3 is 0 Å². The lowest BCUT2D eigenvalue weighted by atomic mass is 10.1. The molecule has 0 radical (unpaired) electrons.